The molecule has 2 aliphatic heterocycles. The highest BCUT2D eigenvalue weighted by Crippen LogP contribution is 2.33. The molecule has 0 radical (unpaired) electrons. The first-order valence-corrected chi connectivity index (χ1v) is 7.82. The Balaban J connectivity index is 1.80. The van der Waals surface area contributed by atoms with Crippen LogP contribution in [0.1, 0.15) is 18.3 Å². The molecule has 19 heavy (non-hydrogen) atoms. The second-order valence-corrected chi connectivity index (χ2v) is 5.68. The molecule has 2 aliphatic rings. The lowest BCUT2D eigenvalue weighted by molar-refractivity contribution is -0.00436. The van der Waals surface area contributed by atoms with Gasteiger partial charge in [0.2, 0.25) is 0 Å². The third kappa shape index (κ3) is 2.50. The van der Waals surface area contributed by atoms with Gasteiger partial charge in [-0.1, -0.05) is 0 Å². The second kappa shape index (κ2) is 5.52. The molecule has 0 spiro atoms. The highest BCUT2D eigenvalue weighted by molar-refractivity contribution is 7.98. The van der Waals surface area contributed by atoms with Gasteiger partial charge >= 0.3 is 0 Å². The summed E-state index contributed by atoms with van der Waals surface area (Å²) in [5, 5.41) is 13.2. The molecule has 0 aliphatic carbocycles. The number of aliphatic imine (C=N–C) groups is 1. The van der Waals surface area contributed by atoms with Gasteiger partial charge in [-0.05, 0) is 6.26 Å². The van der Waals surface area contributed by atoms with Gasteiger partial charge in [0.15, 0.2) is 0 Å². The van der Waals surface area contributed by atoms with Gasteiger partial charge in [-0.2, -0.15) is 11.8 Å². The van der Waals surface area contributed by atoms with Gasteiger partial charge in [0.05, 0.1) is 30.6 Å². The molecule has 0 bridgehead atoms. The van der Waals surface area contributed by atoms with Crippen LogP contribution in [0.3, 0.4) is 0 Å². The molecule has 3 rings (SSSR count). The summed E-state index contributed by atoms with van der Waals surface area (Å²) >= 11 is 1.69. The van der Waals surface area contributed by atoms with Crippen molar-refractivity contribution in [2.75, 3.05) is 23.9 Å². The molecule has 3 heterocycles. The molecule has 0 aromatic carbocycles. The Bertz CT molecular complexity index is 476. The van der Waals surface area contributed by atoms with Gasteiger partial charge in [0.25, 0.3) is 0 Å². The third-order valence-electron chi connectivity index (χ3n) is 3.49. The molecule has 104 valence electrons. The summed E-state index contributed by atoms with van der Waals surface area (Å²) in [6, 6.07) is 0. The maximum Gasteiger partial charge on any atom is 0.139 e. The van der Waals surface area contributed by atoms with E-state index in [-0.39, 0.29) is 12.3 Å². The standard InChI is InChI=1S/C12H18N4O2S/c1-19-5-10-9(17)4-11(18-10)16-7-15-8-2-3-13-6-14-12(8)16/h6-7,9-11,17H,2-5H2,1H3,(H,13,14). The Morgan fingerprint density at radius 1 is 1.63 bits per heavy atom. The molecule has 0 amide bonds. The average Bonchev–Trinajstić information content (AvgIpc) is 2.87. The van der Waals surface area contributed by atoms with Gasteiger partial charge in [-0.15, -0.1) is 0 Å². The van der Waals surface area contributed by atoms with E-state index in [9.17, 15) is 5.11 Å². The first-order valence-electron chi connectivity index (χ1n) is 6.42. The van der Waals surface area contributed by atoms with Crippen LogP contribution in [-0.2, 0) is 11.2 Å². The predicted molar refractivity (Wildman–Crippen MR) is 75.8 cm³/mol. The van der Waals surface area contributed by atoms with Gasteiger partial charge < -0.3 is 15.2 Å². The van der Waals surface area contributed by atoms with Gasteiger partial charge in [-0.3, -0.25) is 9.56 Å². The summed E-state index contributed by atoms with van der Waals surface area (Å²) in [5.74, 6) is 1.74. The van der Waals surface area contributed by atoms with E-state index < -0.39 is 6.10 Å². The Morgan fingerprint density at radius 2 is 2.53 bits per heavy atom. The molecule has 7 heteroatoms. The molecule has 3 atom stereocenters. The lowest BCUT2D eigenvalue weighted by Gasteiger charge is -2.16. The highest BCUT2D eigenvalue weighted by Gasteiger charge is 2.35. The number of anilines is 1. The topological polar surface area (TPSA) is 71.7 Å². The number of nitrogens with zero attached hydrogens (tertiary/aromatic N) is 3. The van der Waals surface area contributed by atoms with Crippen LogP contribution in [0.5, 0.6) is 0 Å². The number of nitrogens with one attached hydrogen (secondary N) is 1. The number of aliphatic hydroxyl groups excluding tert-OH is 1. The maximum absolute atomic E-state index is 10.0. The third-order valence-corrected chi connectivity index (χ3v) is 4.15. The molecule has 3 unspecified atom stereocenters. The number of imidazole rings is 1. The van der Waals surface area contributed by atoms with Crippen molar-refractivity contribution in [3.05, 3.63) is 12.0 Å². The fourth-order valence-electron chi connectivity index (χ4n) is 2.50. The summed E-state index contributed by atoms with van der Waals surface area (Å²) in [5.41, 5.74) is 1.00. The van der Waals surface area contributed by atoms with E-state index in [0.29, 0.717) is 6.42 Å². The van der Waals surface area contributed by atoms with Crippen molar-refractivity contribution in [2.45, 2.75) is 31.3 Å². The lowest BCUT2D eigenvalue weighted by atomic mass is 10.2. The molecule has 1 fully saturated rings. The van der Waals surface area contributed by atoms with Crippen molar-refractivity contribution < 1.29 is 9.84 Å². The van der Waals surface area contributed by atoms with Crippen molar-refractivity contribution >= 4 is 23.9 Å². The monoisotopic (exact) mass is 282 g/mol. The van der Waals surface area contributed by atoms with E-state index in [4.69, 9.17) is 4.74 Å². The minimum absolute atomic E-state index is 0.0995. The van der Waals surface area contributed by atoms with Crippen LogP contribution in [0.2, 0.25) is 0 Å². The molecular formula is C12H18N4O2S. The molecule has 2 N–H and O–H groups in total. The van der Waals surface area contributed by atoms with Crippen LogP contribution in [0, 0.1) is 0 Å². The van der Waals surface area contributed by atoms with E-state index in [1.807, 2.05) is 10.8 Å². The van der Waals surface area contributed by atoms with Gasteiger partial charge in [0.1, 0.15) is 12.0 Å². The summed E-state index contributed by atoms with van der Waals surface area (Å²) in [7, 11) is 0. The van der Waals surface area contributed by atoms with Gasteiger partial charge in [-0.25, -0.2) is 4.98 Å². The number of fused-ring (bicyclic) bond motifs is 1. The Labute approximate surface area is 116 Å². The Hall–Kier alpha value is -1.05. The summed E-state index contributed by atoms with van der Waals surface area (Å²) in [6.07, 6.45) is 6.28. The average molecular weight is 282 g/mol. The van der Waals surface area contributed by atoms with E-state index in [1.165, 1.54) is 0 Å². The Kier molecular flexibility index (Phi) is 3.76. The van der Waals surface area contributed by atoms with Crippen molar-refractivity contribution in [3.8, 4) is 0 Å². The molecular weight excluding hydrogens is 264 g/mol. The second-order valence-electron chi connectivity index (χ2n) is 4.76. The summed E-state index contributed by atoms with van der Waals surface area (Å²) < 4.78 is 7.90. The largest absolute Gasteiger partial charge is 0.390 e. The van der Waals surface area contributed by atoms with Crippen molar-refractivity contribution in [2.24, 2.45) is 4.99 Å². The molecule has 0 saturated carbocycles. The van der Waals surface area contributed by atoms with Crippen LogP contribution >= 0.6 is 11.8 Å². The minimum atomic E-state index is -0.407. The molecule has 1 saturated heterocycles. The predicted octanol–water partition coefficient (Wildman–Crippen LogP) is 0.891. The zero-order chi connectivity index (χ0) is 13.2. The molecule has 1 aromatic rings. The van der Waals surface area contributed by atoms with Crippen LogP contribution in [0.25, 0.3) is 0 Å². The van der Waals surface area contributed by atoms with Gasteiger partial charge in [0, 0.05) is 25.1 Å². The number of thioether (sulfide) groups is 1. The van der Waals surface area contributed by atoms with Crippen LogP contribution in [0.15, 0.2) is 11.3 Å². The zero-order valence-corrected chi connectivity index (χ0v) is 11.6. The fraction of sp³-hybridized carbons (Fsp3) is 0.667. The minimum Gasteiger partial charge on any atom is -0.390 e. The zero-order valence-electron chi connectivity index (χ0n) is 10.8. The van der Waals surface area contributed by atoms with E-state index >= 15 is 0 Å². The van der Waals surface area contributed by atoms with E-state index in [2.05, 4.69) is 15.3 Å². The SMILES string of the molecule is CSCC1OC(n2cnc3c2NC=NCC3)CC1O. The normalized spacial score (nSPS) is 29.9. The summed E-state index contributed by atoms with van der Waals surface area (Å²) in [6.45, 7) is 0.750. The van der Waals surface area contributed by atoms with Crippen LogP contribution in [0.4, 0.5) is 5.82 Å². The molecule has 1 aromatic heterocycles. The number of hydrogen-bond acceptors (Lipinski definition) is 6. The van der Waals surface area contributed by atoms with E-state index in [1.54, 1.807) is 24.4 Å². The Morgan fingerprint density at radius 3 is 3.37 bits per heavy atom. The highest BCUT2D eigenvalue weighted by atomic mass is 32.2. The van der Waals surface area contributed by atoms with E-state index in [0.717, 1.165) is 30.2 Å². The number of aromatic nitrogens is 2. The first-order chi connectivity index (χ1) is 9.29. The van der Waals surface area contributed by atoms with Crippen LogP contribution in [-0.4, -0.2) is 51.8 Å². The maximum atomic E-state index is 10.0. The van der Waals surface area contributed by atoms with Crippen molar-refractivity contribution in [1.82, 2.24) is 9.55 Å². The fourth-order valence-corrected chi connectivity index (χ4v) is 3.13. The lowest BCUT2D eigenvalue weighted by Crippen LogP contribution is -2.23. The van der Waals surface area contributed by atoms with Crippen molar-refractivity contribution in [3.63, 3.8) is 0 Å². The first kappa shape index (κ1) is 13.0. The summed E-state index contributed by atoms with van der Waals surface area (Å²) in [4.78, 5) is 8.61. The smallest absolute Gasteiger partial charge is 0.139 e. The quantitative estimate of drug-likeness (QED) is 0.861. The number of ether oxygens (including phenoxy) is 1. The van der Waals surface area contributed by atoms with Crippen LogP contribution < -0.4 is 5.32 Å². The number of rotatable bonds is 3. The van der Waals surface area contributed by atoms with Crippen molar-refractivity contribution in [1.29, 1.82) is 0 Å². The number of hydrogen-bond donors (Lipinski definition) is 2. The molecule has 6 nitrogen and oxygen atoms in total. The number of aliphatic hydroxyl groups is 1.